The highest BCUT2D eigenvalue weighted by molar-refractivity contribution is 7.99. The van der Waals surface area contributed by atoms with E-state index in [-0.39, 0.29) is 11.5 Å². The van der Waals surface area contributed by atoms with Gasteiger partial charge in [-0.1, -0.05) is 20.3 Å². The molecule has 0 spiro atoms. The van der Waals surface area contributed by atoms with Crippen LogP contribution in [0.15, 0.2) is 0 Å². The fourth-order valence-electron chi connectivity index (χ4n) is 2.70. The van der Waals surface area contributed by atoms with Crippen LogP contribution in [-0.4, -0.2) is 29.3 Å². The second-order valence-electron chi connectivity index (χ2n) is 4.92. The predicted molar refractivity (Wildman–Crippen MR) is 68.1 cm³/mol. The molecule has 90 valence electrons. The van der Waals surface area contributed by atoms with Gasteiger partial charge in [0.25, 0.3) is 0 Å². The third-order valence-electron chi connectivity index (χ3n) is 3.74. The molecule has 3 N–H and O–H groups in total. The molecule has 1 aliphatic rings. The molecule has 0 amide bonds. The number of hydrogen-bond donors (Lipinski definition) is 2. The Morgan fingerprint density at radius 2 is 2.33 bits per heavy atom. The van der Waals surface area contributed by atoms with E-state index in [1.54, 1.807) is 0 Å². The average Bonchev–Trinajstić information content (AvgIpc) is 2.62. The zero-order chi connectivity index (χ0) is 11.3. The molecule has 3 heteroatoms. The molecule has 0 aromatic carbocycles. The summed E-state index contributed by atoms with van der Waals surface area (Å²) >= 11 is 1.90. The lowest BCUT2D eigenvalue weighted by Crippen LogP contribution is -2.40. The lowest BCUT2D eigenvalue weighted by Gasteiger charge is -2.33. The Morgan fingerprint density at radius 1 is 1.60 bits per heavy atom. The topological polar surface area (TPSA) is 46.2 Å². The van der Waals surface area contributed by atoms with Gasteiger partial charge in [0.1, 0.15) is 0 Å². The molecular formula is C12H25NOS. The van der Waals surface area contributed by atoms with Crippen LogP contribution in [0.3, 0.4) is 0 Å². The van der Waals surface area contributed by atoms with Gasteiger partial charge in [-0.3, -0.25) is 0 Å². The first kappa shape index (κ1) is 13.3. The first-order valence-corrected chi connectivity index (χ1v) is 7.26. The Labute approximate surface area is 98.0 Å². The average molecular weight is 231 g/mol. The fourth-order valence-corrected chi connectivity index (χ4v) is 3.38. The van der Waals surface area contributed by atoms with Crippen LogP contribution in [0.2, 0.25) is 0 Å². The Bertz CT molecular complexity index is 188. The summed E-state index contributed by atoms with van der Waals surface area (Å²) in [6, 6.07) is 0. The van der Waals surface area contributed by atoms with Crippen molar-refractivity contribution in [2.24, 2.45) is 17.1 Å². The maximum absolute atomic E-state index is 10.3. The van der Waals surface area contributed by atoms with Crippen molar-refractivity contribution in [3.8, 4) is 0 Å². The van der Waals surface area contributed by atoms with Crippen molar-refractivity contribution >= 4 is 11.8 Å². The van der Waals surface area contributed by atoms with Crippen LogP contribution in [0.4, 0.5) is 0 Å². The third-order valence-corrected chi connectivity index (χ3v) is 4.68. The molecule has 0 aromatic heterocycles. The monoisotopic (exact) mass is 231 g/mol. The standard InChI is InChI=1S/C12H25NOS/c1-3-15-7-5-11(14)12(9-13)6-4-10(2)8-12/h10-11,14H,3-9,13H2,1-2H3. The first-order valence-electron chi connectivity index (χ1n) is 6.10. The molecule has 15 heavy (non-hydrogen) atoms. The molecule has 0 aliphatic heterocycles. The molecule has 1 fully saturated rings. The molecule has 0 heterocycles. The minimum atomic E-state index is -0.188. The second-order valence-corrected chi connectivity index (χ2v) is 6.31. The van der Waals surface area contributed by atoms with Crippen LogP contribution in [0.1, 0.15) is 39.5 Å². The summed E-state index contributed by atoms with van der Waals surface area (Å²) in [5.74, 6) is 2.94. The van der Waals surface area contributed by atoms with E-state index in [0.29, 0.717) is 6.54 Å². The van der Waals surface area contributed by atoms with Crippen LogP contribution >= 0.6 is 11.8 Å². The maximum Gasteiger partial charge on any atom is 0.0616 e. The van der Waals surface area contributed by atoms with Gasteiger partial charge in [0.2, 0.25) is 0 Å². The Morgan fingerprint density at radius 3 is 2.80 bits per heavy atom. The largest absolute Gasteiger partial charge is 0.392 e. The Hall–Kier alpha value is 0.270. The fraction of sp³-hybridized carbons (Fsp3) is 1.00. The van der Waals surface area contributed by atoms with Crippen LogP contribution < -0.4 is 5.73 Å². The highest BCUT2D eigenvalue weighted by atomic mass is 32.2. The van der Waals surface area contributed by atoms with E-state index in [1.807, 2.05) is 11.8 Å². The van der Waals surface area contributed by atoms with Crippen molar-refractivity contribution in [1.82, 2.24) is 0 Å². The summed E-state index contributed by atoms with van der Waals surface area (Å²) in [7, 11) is 0. The van der Waals surface area contributed by atoms with E-state index in [1.165, 1.54) is 6.42 Å². The maximum atomic E-state index is 10.3. The molecule has 2 nitrogen and oxygen atoms in total. The molecule has 1 aliphatic carbocycles. The quantitative estimate of drug-likeness (QED) is 0.689. The molecule has 3 atom stereocenters. The zero-order valence-electron chi connectivity index (χ0n) is 10.0. The molecule has 1 rings (SSSR count). The number of rotatable bonds is 6. The third kappa shape index (κ3) is 3.36. The van der Waals surface area contributed by atoms with Crippen molar-refractivity contribution in [1.29, 1.82) is 0 Å². The zero-order valence-corrected chi connectivity index (χ0v) is 10.9. The second kappa shape index (κ2) is 6.12. The summed E-state index contributed by atoms with van der Waals surface area (Å²) in [6.45, 7) is 5.08. The van der Waals surface area contributed by atoms with E-state index in [0.717, 1.165) is 36.7 Å². The van der Waals surface area contributed by atoms with E-state index >= 15 is 0 Å². The molecule has 0 aromatic rings. The molecule has 0 saturated heterocycles. The van der Waals surface area contributed by atoms with E-state index in [9.17, 15) is 5.11 Å². The van der Waals surface area contributed by atoms with Crippen molar-refractivity contribution < 1.29 is 5.11 Å². The summed E-state index contributed by atoms with van der Waals surface area (Å²) in [6.07, 6.45) is 4.17. The van der Waals surface area contributed by atoms with Gasteiger partial charge in [-0.2, -0.15) is 11.8 Å². The van der Waals surface area contributed by atoms with E-state index < -0.39 is 0 Å². The van der Waals surface area contributed by atoms with Gasteiger partial charge in [-0.05, 0) is 36.7 Å². The Kier molecular flexibility index (Phi) is 5.44. The lowest BCUT2D eigenvalue weighted by molar-refractivity contribution is 0.0303. The minimum absolute atomic E-state index is 0.0354. The highest BCUT2D eigenvalue weighted by Gasteiger charge is 2.41. The van der Waals surface area contributed by atoms with Gasteiger partial charge >= 0.3 is 0 Å². The van der Waals surface area contributed by atoms with Gasteiger partial charge in [0.15, 0.2) is 0 Å². The van der Waals surface area contributed by atoms with Crippen LogP contribution in [0, 0.1) is 11.3 Å². The summed E-state index contributed by atoms with van der Waals surface area (Å²) in [4.78, 5) is 0. The number of thioether (sulfide) groups is 1. The van der Waals surface area contributed by atoms with Gasteiger partial charge in [-0.15, -0.1) is 0 Å². The summed E-state index contributed by atoms with van der Waals surface area (Å²) < 4.78 is 0. The van der Waals surface area contributed by atoms with Crippen molar-refractivity contribution in [3.63, 3.8) is 0 Å². The smallest absolute Gasteiger partial charge is 0.0616 e. The number of nitrogens with two attached hydrogens (primary N) is 1. The first-order chi connectivity index (χ1) is 7.14. The number of hydrogen-bond acceptors (Lipinski definition) is 3. The SMILES string of the molecule is CCSCCC(O)C1(CN)CCC(C)C1. The van der Waals surface area contributed by atoms with Crippen molar-refractivity contribution in [2.75, 3.05) is 18.1 Å². The van der Waals surface area contributed by atoms with E-state index in [4.69, 9.17) is 5.73 Å². The van der Waals surface area contributed by atoms with Gasteiger partial charge in [0, 0.05) is 12.0 Å². The minimum Gasteiger partial charge on any atom is -0.392 e. The van der Waals surface area contributed by atoms with E-state index in [2.05, 4.69) is 13.8 Å². The predicted octanol–water partition coefficient (Wildman–Crippen LogP) is 2.26. The summed E-state index contributed by atoms with van der Waals surface area (Å²) in [5.41, 5.74) is 5.90. The molecule has 1 saturated carbocycles. The van der Waals surface area contributed by atoms with Gasteiger partial charge < -0.3 is 10.8 Å². The molecular weight excluding hydrogens is 206 g/mol. The van der Waals surface area contributed by atoms with Crippen molar-refractivity contribution in [3.05, 3.63) is 0 Å². The molecule has 0 bridgehead atoms. The van der Waals surface area contributed by atoms with Gasteiger partial charge in [0.05, 0.1) is 6.10 Å². The Balaban J connectivity index is 2.43. The van der Waals surface area contributed by atoms with Crippen molar-refractivity contribution in [2.45, 2.75) is 45.6 Å². The highest BCUT2D eigenvalue weighted by Crippen LogP contribution is 2.44. The molecule has 0 radical (unpaired) electrons. The normalized spacial score (nSPS) is 33.2. The van der Waals surface area contributed by atoms with Crippen LogP contribution in [0.25, 0.3) is 0 Å². The number of aliphatic hydroxyl groups is 1. The number of aliphatic hydroxyl groups excluding tert-OH is 1. The lowest BCUT2D eigenvalue weighted by atomic mass is 9.78. The molecule has 3 unspecified atom stereocenters. The van der Waals surface area contributed by atoms with Crippen LogP contribution in [0.5, 0.6) is 0 Å². The summed E-state index contributed by atoms with van der Waals surface area (Å²) in [5, 5.41) is 10.3. The van der Waals surface area contributed by atoms with Gasteiger partial charge in [-0.25, -0.2) is 0 Å². The van der Waals surface area contributed by atoms with Crippen LogP contribution in [-0.2, 0) is 0 Å².